The molecule has 0 aliphatic carbocycles. The summed E-state index contributed by atoms with van der Waals surface area (Å²) in [5.74, 6) is 0. The molecule has 96 valence electrons. The molecule has 19 heavy (non-hydrogen) atoms. The molecule has 12 nitrogen and oxygen atoms in total. The first-order valence-corrected chi connectivity index (χ1v) is 5.66. The first kappa shape index (κ1) is 81.9. The van der Waals surface area contributed by atoms with E-state index in [0.717, 1.165) is 0 Å². The van der Waals surface area contributed by atoms with Crippen molar-refractivity contribution in [3.63, 3.8) is 0 Å². The van der Waals surface area contributed by atoms with Crippen molar-refractivity contribution in [2.24, 2.45) is 0 Å². The van der Waals surface area contributed by atoms with Gasteiger partial charge < -0.3 is 21.9 Å². The van der Waals surface area contributed by atoms with E-state index >= 15 is 0 Å². The van der Waals surface area contributed by atoms with E-state index in [4.69, 9.17) is 31.8 Å². The number of hydrogen-bond acceptors (Lipinski definition) is 8. The van der Waals surface area contributed by atoms with Crippen molar-refractivity contribution in [2.75, 3.05) is 0 Å². The third kappa shape index (κ3) is 1110. The van der Waals surface area contributed by atoms with E-state index < -0.39 is 61.9 Å². The molecule has 0 radical (unpaired) electrons. The van der Waals surface area contributed by atoms with Crippen LogP contribution in [0.15, 0.2) is 0 Å². The standard InChI is InChI=1S/4Al.12O.3Ti/q;;;;;;;;4*-2;4*-1;3*+4. The van der Waals surface area contributed by atoms with Crippen LogP contribution in [0.25, 0.3) is 0 Å². The minimum atomic E-state index is -1.75. The van der Waals surface area contributed by atoms with Gasteiger partial charge in [0.1, 0.15) is 0 Å². The van der Waals surface area contributed by atoms with Crippen molar-refractivity contribution in [1.29, 1.82) is 0 Å². The summed E-state index contributed by atoms with van der Waals surface area (Å²) < 4.78 is 67.7. The zero-order valence-corrected chi connectivity index (χ0v) is 18.0. The second-order valence-electron chi connectivity index (χ2n) is 0.385. The van der Waals surface area contributed by atoms with Crippen LogP contribution < -0.4 is 16.6 Å². The summed E-state index contributed by atoms with van der Waals surface area (Å²) in [5.41, 5.74) is 0. The van der Waals surface area contributed by atoms with E-state index in [1.54, 1.807) is 0 Å². The zero-order valence-electron chi connectivity index (χ0n) is 8.71. The molecule has 0 aliphatic rings. The molecule has 0 aromatic rings. The van der Waals surface area contributed by atoms with Gasteiger partial charge in [-0.25, -0.2) is 0 Å². The van der Waals surface area contributed by atoms with Gasteiger partial charge in [0.15, 0.2) is 0 Å². The Bertz CT molecular complexity index is 79.0. The van der Waals surface area contributed by atoms with Gasteiger partial charge in [0.25, 0.3) is 0 Å². The average Bonchev–Trinajstić information content (AvgIpc) is 1.92. The molecule has 0 heterocycles. The minimum absolute atomic E-state index is 0. The monoisotopic (exact) mass is 444 g/mol. The normalized spacial score (nSPS) is 1.68. The molecule has 0 unspecified atom stereocenters. The Hall–Kier alpha value is 2.51. The van der Waals surface area contributed by atoms with Crippen molar-refractivity contribution in [3.05, 3.63) is 0 Å². The quantitative estimate of drug-likeness (QED) is 0.323. The molecule has 0 saturated heterocycles. The van der Waals surface area contributed by atoms with E-state index in [0.29, 0.717) is 0 Å². The summed E-state index contributed by atoms with van der Waals surface area (Å²) in [6, 6.07) is 0. The molecular weight excluding hydrogens is 444 g/mol. The van der Waals surface area contributed by atoms with Gasteiger partial charge in [-0.1, -0.05) is 0 Å². The van der Waals surface area contributed by atoms with Crippen molar-refractivity contribution < 1.29 is 119 Å². The maximum Gasteiger partial charge on any atom is 4.00 e. The molecular formula is Al4O12Ti3. The average molecular weight is 444 g/mol. The molecule has 0 saturated carbocycles. The summed E-state index contributed by atoms with van der Waals surface area (Å²) in [6.07, 6.45) is 0. The van der Waals surface area contributed by atoms with Gasteiger partial charge in [0.05, 0.1) is 0 Å². The fraction of sp³-hybridized carbons (Fsp3) is 0. The Morgan fingerprint density at radius 2 is 0.421 bits per heavy atom. The molecule has 0 atom stereocenters. The summed E-state index contributed by atoms with van der Waals surface area (Å²) >= 11 is -7.00. The second kappa shape index (κ2) is 184. The van der Waals surface area contributed by atoms with Gasteiger partial charge >= 0.3 is 159 Å². The van der Waals surface area contributed by atoms with Gasteiger partial charge in [-0.2, -0.15) is 0 Å². The van der Waals surface area contributed by atoms with E-state index in [-0.39, 0.29) is 87.1 Å². The fourth-order valence-electron chi connectivity index (χ4n) is 0. The third-order valence-corrected chi connectivity index (χ3v) is 0. The second-order valence-corrected chi connectivity index (χ2v) is 1.15. The summed E-state index contributed by atoms with van der Waals surface area (Å²) in [4.78, 5) is 0. The Kier molecular flexibility index (Phi) is 794. The van der Waals surface area contributed by atoms with Crippen LogP contribution in [0.3, 0.4) is 0 Å². The molecule has 0 spiro atoms. The van der Waals surface area contributed by atoms with Crippen molar-refractivity contribution in [3.8, 4) is 0 Å². The van der Waals surface area contributed by atoms with Crippen LogP contribution in [0.4, 0.5) is 0 Å². The van der Waals surface area contributed by atoms with Crippen LogP contribution in [0.5, 0.6) is 0 Å². The maximum absolute atomic E-state index is 8.46. The van der Waals surface area contributed by atoms with E-state index in [1.165, 1.54) is 0 Å². The first-order chi connectivity index (χ1) is 5.66. The van der Waals surface area contributed by atoms with Crippen LogP contribution in [-0.2, 0) is 102 Å². The van der Waals surface area contributed by atoms with Gasteiger partial charge in [-0.3, -0.25) is 0 Å². The smallest absolute Gasteiger partial charge is 4.00 e. The van der Waals surface area contributed by atoms with E-state index in [2.05, 4.69) is 0 Å². The molecule has 0 aromatic heterocycles. The molecule has 19 heteroatoms. The summed E-state index contributed by atoms with van der Waals surface area (Å²) in [6.45, 7) is 0. The SMILES string of the molecule is [O-2].[O-2].[O-2].[O-2].[O]=[Al][O-].[O]=[Al][O-].[O]=[Al][O-].[O]=[Al][O-].[Ti+4].[Ti+4].[Ti+4]. The fourth-order valence-corrected chi connectivity index (χ4v) is 0. The molecule has 0 amide bonds. The maximum atomic E-state index is 8.46. The van der Waals surface area contributed by atoms with Gasteiger partial charge in [-0.15, -0.1) is 0 Å². The Labute approximate surface area is 178 Å². The van der Waals surface area contributed by atoms with Crippen molar-refractivity contribution in [1.82, 2.24) is 0 Å². The van der Waals surface area contributed by atoms with Gasteiger partial charge in [-0.05, 0) is 0 Å². The van der Waals surface area contributed by atoms with Crippen LogP contribution in [0.2, 0.25) is 0 Å². The van der Waals surface area contributed by atoms with E-state index in [1.807, 2.05) is 0 Å². The zero-order chi connectivity index (χ0) is 10.8. The molecule has 0 bridgehead atoms. The van der Waals surface area contributed by atoms with Crippen molar-refractivity contribution >= 4 is 61.9 Å². The molecule has 0 rings (SSSR count). The summed E-state index contributed by atoms with van der Waals surface area (Å²) in [7, 11) is 0. The first-order valence-electron chi connectivity index (χ1n) is 1.89. The predicted molar refractivity (Wildman–Crippen MR) is 28.5 cm³/mol. The van der Waals surface area contributed by atoms with Crippen LogP contribution in [-0.4, -0.2) is 61.9 Å². The van der Waals surface area contributed by atoms with E-state index in [9.17, 15) is 0 Å². The van der Waals surface area contributed by atoms with Gasteiger partial charge in [0.2, 0.25) is 0 Å². The number of rotatable bonds is 0. The molecule has 0 aromatic carbocycles. The van der Waals surface area contributed by atoms with Crippen LogP contribution >= 0.6 is 0 Å². The Morgan fingerprint density at radius 1 is 0.421 bits per heavy atom. The van der Waals surface area contributed by atoms with Crippen LogP contribution in [0, 0.1) is 0 Å². The number of hydrogen-bond donors (Lipinski definition) is 0. The topological polar surface area (TPSA) is 275 Å². The Morgan fingerprint density at radius 3 is 0.421 bits per heavy atom. The van der Waals surface area contributed by atoms with Crippen molar-refractivity contribution in [2.45, 2.75) is 0 Å². The third-order valence-electron chi connectivity index (χ3n) is 0. The van der Waals surface area contributed by atoms with Gasteiger partial charge in [0, 0.05) is 0 Å². The largest absolute Gasteiger partial charge is 4.00 e. The molecule has 0 N–H and O–H groups in total. The molecule has 0 aliphatic heterocycles. The van der Waals surface area contributed by atoms with Crippen LogP contribution in [0.1, 0.15) is 0 Å². The minimum Gasteiger partial charge on any atom is 4.00 e. The Balaban J connectivity index is -0.00000000444. The predicted octanol–water partition coefficient (Wildman–Crippen LogP) is -7.24. The summed E-state index contributed by atoms with van der Waals surface area (Å²) in [5, 5.41) is 0. The molecule has 0 fully saturated rings.